The minimum absolute atomic E-state index is 0.0508. The number of hydrogen-bond donors (Lipinski definition) is 1. The molecule has 3 aliphatic rings. The maximum atomic E-state index is 12.8. The summed E-state index contributed by atoms with van der Waals surface area (Å²) in [5.41, 5.74) is 7.62. The first kappa shape index (κ1) is 11.1. The van der Waals surface area contributed by atoms with Gasteiger partial charge in [0.2, 0.25) is 0 Å². The van der Waals surface area contributed by atoms with E-state index in [1.165, 1.54) is 0 Å². The van der Waals surface area contributed by atoms with E-state index in [2.05, 4.69) is 0 Å². The topological polar surface area (TPSA) is 50.7 Å². The van der Waals surface area contributed by atoms with E-state index in [0.29, 0.717) is 12.5 Å². The molecule has 2 N–H and O–H groups in total. The van der Waals surface area contributed by atoms with Gasteiger partial charge in [-0.25, -0.2) is 0 Å². The fourth-order valence-electron chi connectivity index (χ4n) is 3.77. The number of pyridine rings is 1. The normalized spacial score (nSPS) is 28.7. The largest absolute Gasteiger partial charge is 0.331 e. The number of rotatable bonds is 2. The van der Waals surface area contributed by atoms with Crippen LogP contribution in [0.4, 0.5) is 0 Å². The molecule has 2 bridgehead atoms. The van der Waals surface area contributed by atoms with Gasteiger partial charge in [-0.2, -0.15) is 0 Å². The van der Waals surface area contributed by atoms with Crippen LogP contribution in [0.25, 0.3) is 5.52 Å². The molecule has 4 nitrogen and oxygen atoms in total. The van der Waals surface area contributed by atoms with Crippen molar-refractivity contribution in [3.8, 4) is 0 Å². The smallest absolute Gasteiger partial charge is 0.256 e. The van der Waals surface area contributed by atoms with E-state index in [9.17, 15) is 4.79 Å². The number of nitrogens with zero attached hydrogens (tertiary/aromatic N) is 2. The van der Waals surface area contributed by atoms with E-state index < -0.39 is 0 Å². The standard InChI is InChI=1S/C15H17N3O/c16-10-15-7-11(8-15)9-18(15)14(19)12-4-6-17-5-2-1-3-13(12)17/h1-6,11H,7-10,16H2. The molecule has 4 heteroatoms. The van der Waals surface area contributed by atoms with Crippen LogP contribution in [0.1, 0.15) is 23.2 Å². The zero-order chi connectivity index (χ0) is 13.0. The molecule has 0 aromatic carbocycles. The Balaban J connectivity index is 1.75. The van der Waals surface area contributed by atoms with Crippen LogP contribution < -0.4 is 5.73 Å². The summed E-state index contributed by atoms with van der Waals surface area (Å²) in [5, 5.41) is 0. The van der Waals surface area contributed by atoms with Crippen LogP contribution in [0.3, 0.4) is 0 Å². The summed E-state index contributed by atoms with van der Waals surface area (Å²) >= 11 is 0. The van der Waals surface area contributed by atoms with Gasteiger partial charge in [0, 0.05) is 25.5 Å². The van der Waals surface area contributed by atoms with E-state index in [-0.39, 0.29) is 11.4 Å². The zero-order valence-corrected chi connectivity index (χ0v) is 10.7. The lowest BCUT2D eigenvalue weighted by molar-refractivity contribution is 0.0587. The molecule has 0 radical (unpaired) electrons. The molecular formula is C15H17N3O. The number of amides is 1. The van der Waals surface area contributed by atoms with Gasteiger partial charge in [0.05, 0.1) is 16.6 Å². The maximum Gasteiger partial charge on any atom is 0.256 e. The van der Waals surface area contributed by atoms with E-state index in [1.54, 1.807) is 0 Å². The molecule has 3 fully saturated rings. The van der Waals surface area contributed by atoms with Crippen molar-refractivity contribution >= 4 is 11.4 Å². The molecule has 2 aliphatic heterocycles. The Kier molecular flexibility index (Phi) is 2.10. The molecule has 5 rings (SSSR count). The molecule has 2 saturated heterocycles. The van der Waals surface area contributed by atoms with Crippen molar-refractivity contribution in [3.05, 3.63) is 42.2 Å². The summed E-state index contributed by atoms with van der Waals surface area (Å²) in [6, 6.07) is 7.84. The van der Waals surface area contributed by atoms with Crippen LogP contribution in [0, 0.1) is 5.92 Å². The molecule has 0 spiro atoms. The summed E-state index contributed by atoms with van der Waals surface area (Å²) in [6.07, 6.45) is 6.08. The third kappa shape index (κ3) is 1.35. The predicted molar refractivity (Wildman–Crippen MR) is 72.9 cm³/mol. The fourth-order valence-corrected chi connectivity index (χ4v) is 3.77. The highest BCUT2D eigenvalue weighted by molar-refractivity contribution is 6.01. The van der Waals surface area contributed by atoms with Crippen molar-refractivity contribution in [2.45, 2.75) is 18.4 Å². The SMILES string of the molecule is NCC12CC(CN1C(=O)c1ccn3ccccc13)C2. The van der Waals surface area contributed by atoms with Gasteiger partial charge in [-0.05, 0) is 37.0 Å². The van der Waals surface area contributed by atoms with Crippen LogP contribution >= 0.6 is 0 Å². The van der Waals surface area contributed by atoms with Gasteiger partial charge in [-0.15, -0.1) is 0 Å². The summed E-state index contributed by atoms with van der Waals surface area (Å²) < 4.78 is 1.99. The van der Waals surface area contributed by atoms with E-state index in [4.69, 9.17) is 5.73 Å². The van der Waals surface area contributed by atoms with E-state index >= 15 is 0 Å². The Labute approximate surface area is 111 Å². The summed E-state index contributed by atoms with van der Waals surface area (Å²) in [6.45, 7) is 1.46. The summed E-state index contributed by atoms with van der Waals surface area (Å²) in [7, 11) is 0. The number of nitrogens with two attached hydrogens (primary N) is 1. The molecule has 1 aliphatic carbocycles. The molecule has 2 aromatic heterocycles. The highest BCUT2D eigenvalue weighted by Crippen LogP contribution is 2.50. The van der Waals surface area contributed by atoms with Crippen molar-refractivity contribution in [3.63, 3.8) is 0 Å². The van der Waals surface area contributed by atoms with Crippen molar-refractivity contribution in [1.29, 1.82) is 0 Å². The number of carbonyl (C=O) groups excluding carboxylic acids is 1. The van der Waals surface area contributed by atoms with Gasteiger partial charge in [-0.1, -0.05) is 6.07 Å². The highest BCUT2D eigenvalue weighted by atomic mass is 16.2. The quantitative estimate of drug-likeness (QED) is 0.884. The molecule has 2 aromatic rings. The van der Waals surface area contributed by atoms with Crippen LogP contribution in [0.5, 0.6) is 0 Å². The van der Waals surface area contributed by atoms with Gasteiger partial charge in [0.25, 0.3) is 5.91 Å². The Bertz CT molecular complexity index is 654. The zero-order valence-electron chi connectivity index (χ0n) is 10.7. The summed E-state index contributed by atoms with van der Waals surface area (Å²) in [5.74, 6) is 0.806. The second-order valence-electron chi connectivity index (χ2n) is 5.84. The van der Waals surface area contributed by atoms with Crippen molar-refractivity contribution in [2.24, 2.45) is 11.7 Å². The lowest BCUT2D eigenvalue weighted by atomic mass is 9.73. The van der Waals surface area contributed by atoms with Crippen LogP contribution in [-0.2, 0) is 0 Å². The Morgan fingerprint density at radius 2 is 2.16 bits per heavy atom. The average molecular weight is 255 g/mol. The highest BCUT2D eigenvalue weighted by Gasteiger charge is 2.56. The minimum atomic E-state index is -0.0508. The van der Waals surface area contributed by atoms with E-state index in [1.807, 2.05) is 46.0 Å². The third-order valence-corrected chi connectivity index (χ3v) is 4.77. The Morgan fingerprint density at radius 3 is 2.95 bits per heavy atom. The molecular weight excluding hydrogens is 238 g/mol. The molecule has 1 amide bonds. The number of fused-ring (bicyclic) bond motifs is 2. The number of aromatic nitrogens is 1. The molecule has 0 unspecified atom stereocenters. The van der Waals surface area contributed by atoms with E-state index in [0.717, 1.165) is 30.5 Å². The summed E-state index contributed by atoms with van der Waals surface area (Å²) in [4.78, 5) is 14.8. The molecule has 1 saturated carbocycles. The lowest BCUT2D eigenvalue weighted by Gasteiger charge is -2.41. The Morgan fingerprint density at radius 1 is 1.32 bits per heavy atom. The number of carbonyl (C=O) groups is 1. The first-order chi connectivity index (χ1) is 9.23. The molecule has 19 heavy (non-hydrogen) atoms. The monoisotopic (exact) mass is 255 g/mol. The lowest BCUT2D eigenvalue weighted by Crippen LogP contribution is -2.53. The fraction of sp³-hybridized carbons (Fsp3) is 0.400. The third-order valence-electron chi connectivity index (χ3n) is 4.77. The maximum absolute atomic E-state index is 12.8. The second kappa shape index (κ2) is 3.61. The predicted octanol–water partition coefficient (Wildman–Crippen LogP) is 1.50. The van der Waals surface area contributed by atoms with Crippen molar-refractivity contribution < 1.29 is 4.79 Å². The van der Waals surface area contributed by atoms with Gasteiger partial charge < -0.3 is 15.0 Å². The van der Waals surface area contributed by atoms with Crippen LogP contribution in [0.15, 0.2) is 36.7 Å². The first-order valence-corrected chi connectivity index (χ1v) is 6.81. The number of hydrogen-bond acceptors (Lipinski definition) is 2. The van der Waals surface area contributed by atoms with Gasteiger partial charge in [0.1, 0.15) is 0 Å². The van der Waals surface area contributed by atoms with Crippen LogP contribution in [-0.4, -0.2) is 33.8 Å². The molecule has 98 valence electrons. The van der Waals surface area contributed by atoms with Crippen molar-refractivity contribution in [2.75, 3.05) is 13.1 Å². The molecule has 0 atom stereocenters. The van der Waals surface area contributed by atoms with Crippen LogP contribution in [0.2, 0.25) is 0 Å². The van der Waals surface area contributed by atoms with Gasteiger partial charge in [-0.3, -0.25) is 4.79 Å². The second-order valence-corrected chi connectivity index (χ2v) is 5.84. The van der Waals surface area contributed by atoms with Crippen molar-refractivity contribution in [1.82, 2.24) is 9.30 Å². The average Bonchev–Trinajstić information content (AvgIpc) is 3.07. The minimum Gasteiger partial charge on any atom is -0.331 e. The first-order valence-electron chi connectivity index (χ1n) is 6.81. The Hall–Kier alpha value is -1.81. The van der Waals surface area contributed by atoms with Gasteiger partial charge >= 0.3 is 0 Å². The van der Waals surface area contributed by atoms with Gasteiger partial charge in [0.15, 0.2) is 0 Å². The molecule has 4 heterocycles.